The van der Waals surface area contributed by atoms with Crippen molar-refractivity contribution in [2.75, 3.05) is 6.54 Å². The number of nitrogens with one attached hydrogen (secondary N) is 1. The highest BCUT2D eigenvalue weighted by atomic mass is 16.3. The van der Waals surface area contributed by atoms with Gasteiger partial charge in [-0.25, -0.2) is 0 Å². The monoisotopic (exact) mass is 143 g/mol. The van der Waals surface area contributed by atoms with E-state index in [0.717, 1.165) is 32.2 Å². The highest BCUT2D eigenvalue weighted by Gasteiger charge is 2.17. The molecule has 1 fully saturated rings. The van der Waals surface area contributed by atoms with E-state index in [2.05, 4.69) is 12.2 Å². The van der Waals surface area contributed by atoms with Crippen LogP contribution in [-0.4, -0.2) is 23.8 Å². The lowest BCUT2D eigenvalue weighted by atomic mass is 9.93. The van der Waals surface area contributed by atoms with E-state index in [1.54, 1.807) is 0 Å². The van der Waals surface area contributed by atoms with Gasteiger partial charge < -0.3 is 10.4 Å². The van der Waals surface area contributed by atoms with E-state index in [0.29, 0.717) is 6.04 Å². The maximum atomic E-state index is 9.17. The molecule has 1 aliphatic carbocycles. The Kier molecular flexibility index (Phi) is 3.16. The second kappa shape index (κ2) is 3.94. The zero-order chi connectivity index (χ0) is 7.40. The summed E-state index contributed by atoms with van der Waals surface area (Å²) in [6.07, 6.45) is 4.24. The van der Waals surface area contributed by atoms with Gasteiger partial charge in [-0.1, -0.05) is 6.92 Å². The Labute approximate surface area is 62.6 Å². The van der Waals surface area contributed by atoms with Gasteiger partial charge in [0.2, 0.25) is 0 Å². The molecular weight excluding hydrogens is 126 g/mol. The predicted octanol–water partition coefficient (Wildman–Crippen LogP) is 0.899. The lowest BCUT2D eigenvalue weighted by Crippen LogP contribution is -2.34. The van der Waals surface area contributed by atoms with Gasteiger partial charge in [0.05, 0.1) is 6.10 Å². The van der Waals surface area contributed by atoms with Crippen LogP contribution in [0.3, 0.4) is 0 Å². The number of aliphatic hydroxyl groups is 1. The molecule has 0 radical (unpaired) electrons. The Morgan fingerprint density at radius 3 is 2.40 bits per heavy atom. The average Bonchev–Trinajstić information content (AvgIpc) is 1.95. The molecule has 0 aromatic heterocycles. The lowest BCUT2D eigenvalue weighted by Gasteiger charge is -2.25. The molecule has 0 unspecified atom stereocenters. The van der Waals surface area contributed by atoms with E-state index < -0.39 is 0 Å². The quantitative estimate of drug-likeness (QED) is 0.602. The van der Waals surface area contributed by atoms with Crippen molar-refractivity contribution in [2.45, 2.75) is 44.8 Å². The molecule has 0 saturated heterocycles. The molecule has 10 heavy (non-hydrogen) atoms. The van der Waals surface area contributed by atoms with E-state index >= 15 is 0 Å². The van der Waals surface area contributed by atoms with Crippen molar-refractivity contribution in [1.29, 1.82) is 0 Å². The number of aliphatic hydroxyl groups excluding tert-OH is 1. The minimum absolute atomic E-state index is 0.0186. The first kappa shape index (κ1) is 8.02. The molecule has 60 valence electrons. The van der Waals surface area contributed by atoms with Crippen LogP contribution in [0.15, 0.2) is 0 Å². The van der Waals surface area contributed by atoms with Gasteiger partial charge in [-0.15, -0.1) is 0 Å². The van der Waals surface area contributed by atoms with Crippen molar-refractivity contribution in [3.05, 3.63) is 0 Å². The Morgan fingerprint density at radius 1 is 1.30 bits per heavy atom. The second-order valence-corrected chi connectivity index (χ2v) is 3.06. The summed E-state index contributed by atoms with van der Waals surface area (Å²) >= 11 is 0. The van der Waals surface area contributed by atoms with Crippen LogP contribution in [0.25, 0.3) is 0 Å². The van der Waals surface area contributed by atoms with Crippen LogP contribution in [0, 0.1) is 0 Å². The molecule has 0 atom stereocenters. The van der Waals surface area contributed by atoms with E-state index in [1.807, 2.05) is 0 Å². The molecule has 0 aromatic rings. The fraction of sp³-hybridized carbons (Fsp3) is 1.00. The first-order chi connectivity index (χ1) is 4.83. The summed E-state index contributed by atoms with van der Waals surface area (Å²) in [4.78, 5) is 0. The van der Waals surface area contributed by atoms with Crippen LogP contribution in [0.5, 0.6) is 0 Å². The highest BCUT2D eigenvalue weighted by molar-refractivity contribution is 4.75. The molecule has 2 nitrogen and oxygen atoms in total. The summed E-state index contributed by atoms with van der Waals surface area (Å²) in [5.74, 6) is 0. The van der Waals surface area contributed by atoms with Crippen molar-refractivity contribution in [2.24, 2.45) is 0 Å². The minimum atomic E-state index is -0.0186. The van der Waals surface area contributed by atoms with Crippen molar-refractivity contribution in [1.82, 2.24) is 5.32 Å². The zero-order valence-electron chi connectivity index (χ0n) is 6.64. The average molecular weight is 143 g/mol. The van der Waals surface area contributed by atoms with Gasteiger partial charge in [0, 0.05) is 6.04 Å². The third kappa shape index (κ3) is 2.27. The Hall–Kier alpha value is -0.0800. The number of rotatable bonds is 2. The minimum Gasteiger partial charge on any atom is -0.393 e. The topological polar surface area (TPSA) is 32.3 Å². The zero-order valence-corrected chi connectivity index (χ0v) is 6.64. The molecule has 1 rings (SSSR count). The summed E-state index contributed by atoms with van der Waals surface area (Å²) < 4.78 is 0. The van der Waals surface area contributed by atoms with Crippen molar-refractivity contribution in [3.8, 4) is 0 Å². The Balaban J connectivity index is 2.13. The standard InChI is InChI=1S/C8H17NO/c1-2-9-7-3-5-8(10)6-4-7/h7-10H,2-6H2,1H3/t7-,8-. The highest BCUT2D eigenvalue weighted by Crippen LogP contribution is 2.17. The fourth-order valence-corrected chi connectivity index (χ4v) is 1.57. The smallest absolute Gasteiger partial charge is 0.0541 e. The molecule has 2 N–H and O–H groups in total. The van der Waals surface area contributed by atoms with E-state index in [4.69, 9.17) is 5.11 Å². The van der Waals surface area contributed by atoms with Crippen molar-refractivity contribution >= 4 is 0 Å². The first-order valence-corrected chi connectivity index (χ1v) is 4.24. The summed E-state index contributed by atoms with van der Waals surface area (Å²) in [7, 11) is 0. The number of hydrogen-bond donors (Lipinski definition) is 2. The van der Waals surface area contributed by atoms with Gasteiger partial charge in [0.15, 0.2) is 0 Å². The van der Waals surface area contributed by atoms with Gasteiger partial charge in [0.25, 0.3) is 0 Å². The summed E-state index contributed by atoms with van der Waals surface area (Å²) in [6, 6.07) is 0.674. The normalized spacial score (nSPS) is 34.2. The predicted molar refractivity (Wildman–Crippen MR) is 41.9 cm³/mol. The molecule has 2 heteroatoms. The van der Waals surface area contributed by atoms with E-state index in [9.17, 15) is 0 Å². The van der Waals surface area contributed by atoms with Gasteiger partial charge in [-0.2, -0.15) is 0 Å². The van der Waals surface area contributed by atoms with Crippen LogP contribution < -0.4 is 5.32 Å². The largest absolute Gasteiger partial charge is 0.393 e. The first-order valence-electron chi connectivity index (χ1n) is 4.24. The van der Waals surface area contributed by atoms with Gasteiger partial charge in [-0.3, -0.25) is 0 Å². The van der Waals surface area contributed by atoms with Gasteiger partial charge in [0.1, 0.15) is 0 Å². The maximum Gasteiger partial charge on any atom is 0.0541 e. The van der Waals surface area contributed by atoms with Crippen LogP contribution in [-0.2, 0) is 0 Å². The van der Waals surface area contributed by atoms with E-state index in [-0.39, 0.29) is 6.10 Å². The van der Waals surface area contributed by atoms with Crippen molar-refractivity contribution < 1.29 is 5.11 Å². The molecular formula is C8H17NO. The molecule has 0 amide bonds. The number of hydrogen-bond acceptors (Lipinski definition) is 2. The SMILES string of the molecule is CCN[C@H]1CC[C@H](O)CC1. The van der Waals surface area contributed by atoms with E-state index in [1.165, 1.54) is 0 Å². The van der Waals surface area contributed by atoms with Crippen LogP contribution in [0.2, 0.25) is 0 Å². The maximum absolute atomic E-state index is 9.17. The molecule has 0 aliphatic heterocycles. The molecule has 1 saturated carbocycles. The fourth-order valence-electron chi connectivity index (χ4n) is 1.57. The van der Waals surface area contributed by atoms with Crippen LogP contribution in [0.1, 0.15) is 32.6 Å². The summed E-state index contributed by atoms with van der Waals surface area (Å²) in [6.45, 7) is 3.19. The summed E-state index contributed by atoms with van der Waals surface area (Å²) in [5.41, 5.74) is 0. The third-order valence-corrected chi connectivity index (χ3v) is 2.19. The molecule has 1 aliphatic rings. The van der Waals surface area contributed by atoms with Gasteiger partial charge >= 0.3 is 0 Å². The summed E-state index contributed by atoms with van der Waals surface area (Å²) in [5, 5.41) is 12.6. The third-order valence-electron chi connectivity index (χ3n) is 2.19. The molecule has 0 bridgehead atoms. The lowest BCUT2D eigenvalue weighted by molar-refractivity contribution is 0.117. The Morgan fingerprint density at radius 2 is 1.90 bits per heavy atom. The van der Waals surface area contributed by atoms with Gasteiger partial charge in [-0.05, 0) is 32.2 Å². The Bertz CT molecular complexity index is 87.3. The van der Waals surface area contributed by atoms with Crippen molar-refractivity contribution in [3.63, 3.8) is 0 Å². The van der Waals surface area contributed by atoms with Crippen LogP contribution in [0.4, 0.5) is 0 Å². The second-order valence-electron chi connectivity index (χ2n) is 3.06. The molecule has 0 spiro atoms. The molecule has 0 aromatic carbocycles. The van der Waals surface area contributed by atoms with Crippen LogP contribution >= 0.6 is 0 Å². The molecule has 0 heterocycles.